The van der Waals surface area contributed by atoms with E-state index >= 15 is 0 Å². The van der Waals surface area contributed by atoms with Crippen LogP contribution in [0, 0.1) is 5.82 Å². The van der Waals surface area contributed by atoms with E-state index in [4.69, 9.17) is 0 Å². The van der Waals surface area contributed by atoms with Crippen molar-refractivity contribution in [3.8, 4) is 0 Å². The van der Waals surface area contributed by atoms with Crippen molar-refractivity contribution < 1.29 is 14.0 Å². The van der Waals surface area contributed by atoms with Crippen LogP contribution in [-0.2, 0) is 16.0 Å². The lowest BCUT2D eigenvalue weighted by molar-refractivity contribution is -0.150. The summed E-state index contributed by atoms with van der Waals surface area (Å²) < 4.78 is 13.4. The third-order valence-corrected chi connectivity index (χ3v) is 7.09. The first-order chi connectivity index (χ1) is 14.0. The maximum absolute atomic E-state index is 13.9. The molecule has 0 N–H and O–H groups in total. The van der Waals surface area contributed by atoms with Gasteiger partial charge in [0.1, 0.15) is 11.4 Å². The molecule has 0 radical (unpaired) electrons. The number of carbonyl (C=O) groups excluding carboxylic acids is 2. The van der Waals surface area contributed by atoms with E-state index in [1.54, 1.807) is 24.0 Å². The van der Waals surface area contributed by atoms with E-state index < -0.39 is 5.54 Å². The standard InChI is InChI=1S/C23H32FN3O2/c1-18(28)27-14-3-11-23(27,17-19-7-9-20(24)10-8-19)22(29)26-13-4-12-25(15-16-26)21-5-2-6-21/h7-10,21H,2-6,11-17H2,1H3. The lowest BCUT2D eigenvalue weighted by Gasteiger charge is -2.41. The maximum atomic E-state index is 13.9. The van der Waals surface area contributed by atoms with Gasteiger partial charge in [-0.25, -0.2) is 4.39 Å². The van der Waals surface area contributed by atoms with Gasteiger partial charge in [-0.1, -0.05) is 18.6 Å². The minimum Gasteiger partial charge on any atom is -0.339 e. The van der Waals surface area contributed by atoms with Crippen molar-refractivity contribution in [1.82, 2.24) is 14.7 Å². The number of nitrogens with zero attached hydrogens (tertiary/aromatic N) is 3. The monoisotopic (exact) mass is 401 g/mol. The van der Waals surface area contributed by atoms with E-state index in [1.807, 2.05) is 4.90 Å². The molecule has 4 rings (SSSR count). The predicted molar refractivity (Wildman–Crippen MR) is 110 cm³/mol. The Bertz CT molecular complexity index is 749. The molecule has 1 unspecified atom stereocenters. The van der Waals surface area contributed by atoms with Gasteiger partial charge in [0, 0.05) is 52.1 Å². The highest BCUT2D eigenvalue weighted by molar-refractivity contribution is 5.92. The molecule has 0 bridgehead atoms. The molecule has 2 amide bonds. The molecule has 1 aromatic carbocycles. The van der Waals surface area contributed by atoms with Crippen molar-refractivity contribution in [3.05, 3.63) is 35.6 Å². The summed E-state index contributed by atoms with van der Waals surface area (Å²) >= 11 is 0. The van der Waals surface area contributed by atoms with E-state index in [1.165, 1.54) is 31.4 Å². The second-order valence-electron chi connectivity index (χ2n) is 8.88. The lowest BCUT2D eigenvalue weighted by Crippen LogP contribution is -2.59. The number of carbonyl (C=O) groups is 2. The number of halogens is 1. The van der Waals surface area contributed by atoms with E-state index in [2.05, 4.69) is 4.90 Å². The molecule has 0 spiro atoms. The third-order valence-electron chi connectivity index (χ3n) is 7.09. The molecule has 6 heteroatoms. The SMILES string of the molecule is CC(=O)N1CCCC1(Cc1ccc(F)cc1)C(=O)N1CCCN(C2CCC2)CC1. The van der Waals surface area contributed by atoms with Crippen molar-refractivity contribution in [3.63, 3.8) is 0 Å². The first-order valence-electron chi connectivity index (χ1n) is 11.1. The topological polar surface area (TPSA) is 43.9 Å². The maximum Gasteiger partial charge on any atom is 0.248 e. The molecule has 3 aliphatic rings. The van der Waals surface area contributed by atoms with Crippen LogP contribution in [0.3, 0.4) is 0 Å². The van der Waals surface area contributed by atoms with Crippen LogP contribution in [-0.4, -0.2) is 70.8 Å². The number of amides is 2. The minimum atomic E-state index is -0.838. The Kier molecular flexibility index (Phi) is 5.91. The summed E-state index contributed by atoms with van der Waals surface area (Å²) in [7, 11) is 0. The van der Waals surface area contributed by atoms with Gasteiger partial charge >= 0.3 is 0 Å². The Morgan fingerprint density at radius 2 is 1.76 bits per heavy atom. The molecule has 5 nitrogen and oxygen atoms in total. The average molecular weight is 402 g/mol. The van der Waals surface area contributed by atoms with Crippen molar-refractivity contribution in [2.24, 2.45) is 0 Å². The summed E-state index contributed by atoms with van der Waals surface area (Å²) in [5.74, 6) is -0.263. The third kappa shape index (κ3) is 4.04. The highest BCUT2D eigenvalue weighted by Crippen LogP contribution is 2.35. The minimum absolute atomic E-state index is 0.0520. The first kappa shape index (κ1) is 20.3. The Balaban J connectivity index is 1.56. The summed E-state index contributed by atoms with van der Waals surface area (Å²) in [4.78, 5) is 32.6. The van der Waals surface area contributed by atoms with Crippen molar-refractivity contribution in [1.29, 1.82) is 0 Å². The molecule has 2 aliphatic heterocycles. The van der Waals surface area contributed by atoms with Gasteiger partial charge in [0.25, 0.3) is 0 Å². The van der Waals surface area contributed by atoms with Gasteiger partial charge in [-0.15, -0.1) is 0 Å². The molecule has 3 fully saturated rings. The van der Waals surface area contributed by atoms with E-state index in [0.717, 1.165) is 44.6 Å². The number of benzene rings is 1. The second-order valence-corrected chi connectivity index (χ2v) is 8.88. The molecule has 2 saturated heterocycles. The normalized spacial score (nSPS) is 26.3. The average Bonchev–Trinajstić information content (AvgIpc) is 2.95. The largest absolute Gasteiger partial charge is 0.339 e. The summed E-state index contributed by atoms with van der Waals surface area (Å²) in [6.07, 6.45) is 6.81. The number of hydrogen-bond donors (Lipinski definition) is 0. The van der Waals surface area contributed by atoms with E-state index in [-0.39, 0.29) is 17.6 Å². The molecule has 1 aromatic rings. The smallest absolute Gasteiger partial charge is 0.248 e. The quantitative estimate of drug-likeness (QED) is 0.779. The Morgan fingerprint density at radius 3 is 2.41 bits per heavy atom. The Morgan fingerprint density at radius 1 is 1.00 bits per heavy atom. The van der Waals surface area contributed by atoms with Crippen molar-refractivity contribution in [2.75, 3.05) is 32.7 Å². The van der Waals surface area contributed by atoms with Crippen LogP contribution in [0.1, 0.15) is 51.0 Å². The zero-order valence-corrected chi connectivity index (χ0v) is 17.4. The van der Waals surface area contributed by atoms with Crippen molar-refractivity contribution >= 4 is 11.8 Å². The van der Waals surface area contributed by atoms with Crippen LogP contribution in [0.5, 0.6) is 0 Å². The van der Waals surface area contributed by atoms with Gasteiger partial charge in [0.15, 0.2) is 0 Å². The highest BCUT2D eigenvalue weighted by Gasteiger charge is 2.50. The Hall–Kier alpha value is -1.95. The fourth-order valence-corrected chi connectivity index (χ4v) is 5.31. The summed E-state index contributed by atoms with van der Waals surface area (Å²) in [5.41, 5.74) is 0.0637. The van der Waals surface area contributed by atoms with Gasteiger partial charge in [-0.3, -0.25) is 14.5 Å². The first-order valence-corrected chi connectivity index (χ1v) is 11.1. The summed E-state index contributed by atoms with van der Waals surface area (Å²) in [6, 6.07) is 7.04. The lowest BCUT2D eigenvalue weighted by atomic mass is 9.86. The predicted octanol–water partition coefficient (Wildman–Crippen LogP) is 2.84. The molecular formula is C23H32FN3O2. The van der Waals surface area contributed by atoms with Crippen LogP contribution in [0.25, 0.3) is 0 Å². The zero-order valence-electron chi connectivity index (χ0n) is 17.4. The second kappa shape index (κ2) is 8.42. The fraction of sp³-hybridized carbons (Fsp3) is 0.652. The molecule has 29 heavy (non-hydrogen) atoms. The molecule has 0 aromatic heterocycles. The molecule has 1 atom stereocenters. The van der Waals surface area contributed by atoms with Crippen molar-refractivity contribution in [2.45, 2.75) is 63.5 Å². The Labute approximate surface area is 172 Å². The highest BCUT2D eigenvalue weighted by atomic mass is 19.1. The van der Waals surface area contributed by atoms with Gasteiger partial charge in [0.05, 0.1) is 0 Å². The zero-order chi connectivity index (χ0) is 20.4. The fourth-order valence-electron chi connectivity index (χ4n) is 5.31. The molecule has 1 aliphatic carbocycles. The molecular weight excluding hydrogens is 369 g/mol. The number of likely N-dealkylation sites (tertiary alicyclic amines) is 1. The number of hydrogen-bond acceptors (Lipinski definition) is 3. The van der Waals surface area contributed by atoms with E-state index in [9.17, 15) is 14.0 Å². The molecule has 2 heterocycles. The summed E-state index contributed by atoms with van der Waals surface area (Å²) in [6.45, 7) is 5.62. The summed E-state index contributed by atoms with van der Waals surface area (Å²) in [5, 5.41) is 0. The molecule has 158 valence electrons. The van der Waals surface area contributed by atoms with Crippen LogP contribution >= 0.6 is 0 Å². The van der Waals surface area contributed by atoms with Gasteiger partial charge in [-0.05, 0) is 49.8 Å². The van der Waals surface area contributed by atoms with Gasteiger partial charge in [-0.2, -0.15) is 0 Å². The van der Waals surface area contributed by atoms with Crippen LogP contribution in [0.2, 0.25) is 0 Å². The van der Waals surface area contributed by atoms with Gasteiger partial charge < -0.3 is 9.80 Å². The van der Waals surface area contributed by atoms with E-state index in [0.29, 0.717) is 25.4 Å². The number of rotatable bonds is 4. The van der Waals surface area contributed by atoms with Gasteiger partial charge in [0.2, 0.25) is 11.8 Å². The van der Waals surface area contributed by atoms with Crippen LogP contribution in [0.4, 0.5) is 4.39 Å². The van der Waals surface area contributed by atoms with Crippen LogP contribution in [0.15, 0.2) is 24.3 Å². The molecule has 1 saturated carbocycles. The van der Waals surface area contributed by atoms with Crippen LogP contribution < -0.4 is 0 Å².